The molecule has 4 aromatic carbocycles. The molecule has 1 aliphatic heterocycles. The van der Waals surface area contributed by atoms with Crippen LogP contribution < -0.4 is 15.4 Å². The van der Waals surface area contributed by atoms with Crippen molar-refractivity contribution in [3.05, 3.63) is 143 Å². The number of amides is 4. The number of hydrogen-bond acceptors (Lipinski definition) is 8. The molecule has 1 saturated heterocycles. The number of rotatable bonds is 29. The Morgan fingerprint density at radius 2 is 1.32 bits per heavy atom. The number of carbonyl (C=O) groups excluding carboxylic acids is 4. The minimum atomic E-state index is -0.830. The molecule has 0 saturated carbocycles. The first-order chi connectivity index (χ1) is 36.2. The Labute approximate surface area is 451 Å². The lowest BCUT2D eigenvalue weighted by atomic mass is 9.85. The topological polar surface area (TPSA) is 141 Å². The molecule has 0 spiro atoms. The highest BCUT2D eigenvalue weighted by Gasteiger charge is 2.44. The number of aliphatic hydroxyl groups excluding tert-OH is 1. The SMILES string of the molecule is CC/C(=C(\c1ccccc1)c1ccc(OCCN(C)C(=O)CCCCCCCCCCCCCCC(=O)N[C@H](C(=O)N2C[C@H](O)C[C@H]2C(=O)NCc2ccc(-c3scnc3C)cc2)C(C)(C)C)cc1)c1ccccc1. The van der Waals surface area contributed by atoms with Crippen LogP contribution in [0.25, 0.3) is 21.6 Å². The highest BCUT2D eigenvalue weighted by Crippen LogP contribution is 2.35. The molecule has 3 N–H and O–H groups in total. The van der Waals surface area contributed by atoms with Gasteiger partial charge in [-0.2, -0.15) is 0 Å². The number of aliphatic hydroxyl groups is 1. The number of benzene rings is 4. The molecule has 0 radical (unpaired) electrons. The second-order valence-electron chi connectivity index (χ2n) is 21.3. The third kappa shape index (κ3) is 18.0. The van der Waals surface area contributed by atoms with Crippen molar-refractivity contribution in [2.75, 3.05) is 26.7 Å². The van der Waals surface area contributed by atoms with Crippen molar-refractivity contribution in [3.63, 3.8) is 0 Å². The third-order valence-electron chi connectivity index (χ3n) is 14.4. The van der Waals surface area contributed by atoms with E-state index in [1.54, 1.807) is 16.2 Å². The van der Waals surface area contributed by atoms with Gasteiger partial charge in [0.05, 0.1) is 28.7 Å². The number of thiazole rings is 1. The molecule has 0 aliphatic carbocycles. The number of allylic oxidation sites excluding steroid dienone is 1. The monoisotopic (exact) mass is 1040 g/mol. The zero-order valence-electron chi connectivity index (χ0n) is 45.6. The highest BCUT2D eigenvalue weighted by atomic mass is 32.1. The molecule has 11 nitrogen and oxygen atoms in total. The largest absolute Gasteiger partial charge is 0.492 e. The Kier molecular flexibility index (Phi) is 23.1. The average Bonchev–Trinajstić information content (AvgIpc) is 4.04. The van der Waals surface area contributed by atoms with Crippen molar-refractivity contribution in [1.29, 1.82) is 0 Å². The predicted molar refractivity (Wildman–Crippen MR) is 305 cm³/mol. The van der Waals surface area contributed by atoms with Crippen molar-refractivity contribution in [2.45, 2.75) is 162 Å². The number of unbranched alkanes of at least 4 members (excludes halogenated alkanes) is 11. The smallest absolute Gasteiger partial charge is 0.246 e. The van der Waals surface area contributed by atoms with Crippen molar-refractivity contribution >= 4 is 46.1 Å². The maximum atomic E-state index is 14.0. The fourth-order valence-electron chi connectivity index (χ4n) is 9.96. The third-order valence-corrected chi connectivity index (χ3v) is 15.3. The lowest BCUT2D eigenvalue weighted by Gasteiger charge is -2.35. The van der Waals surface area contributed by atoms with E-state index >= 15 is 0 Å². The fraction of sp³-hybridized carbons (Fsp3) is 0.476. The van der Waals surface area contributed by atoms with Crippen LogP contribution in [0.3, 0.4) is 0 Å². The van der Waals surface area contributed by atoms with Gasteiger partial charge in [-0.3, -0.25) is 19.2 Å². The lowest BCUT2D eigenvalue weighted by Crippen LogP contribution is -2.57. The first-order valence-electron chi connectivity index (χ1n) is 27.6. The molecule has 1 aromatic heterocycles. The Morgan fingerprint density at radius 3 is 1.88 bits per heavy atom. The van der Waals surface area contributed by atoms with Gasteiger partial charge < -0.3 is 30.3 Å². The van der Waals surface area contributed by atoms with Crippen LogP contribution in [-0.2, 0) is 25.7 Å². The highest BCUT2D eigenvalue weighted by molar-refractivity contribution is 7.13. The second-order valence-corrected chi connectivity index (χ2v) is 22.2. The standard InChI is InChI=1S/C63H83N5O6S/c1-7-54(48-26-20-18-21-27-48)58(49-28-22-19-23-29-49)50-36-38-53(39-37-50)74-41-40-67(6)57(71)31-25-17-15-13-11-9-8-10-12-14-16-24-30-56(70)66-60(63(3,4)5)62(73)68-44-52(69)42-55(68)61(72)64-43-47-32-34-51(35-33-47)59-46(2)65-45-75-59/h18-23,26-29,32-39,45,52,55,60,69H,7-17,24-25,30-31,40-44H2,1-6H3,(H,64,72)(H,66,70)/b58-54-/t52-,55+,60-/m1/s1. The molecule has 0 unspecified atom stereocenters. The van der Waals surface area contributed by atoms with Crippen LogP contribution in [0.1, 0.15) is 158 Å². The van der Waals surface area contributed by atoms with E-state index < -0.39 is 23.6 Å². The van der Waals surface area contributed by atoms with Crippen LogP contribution in [-0.4, -0.2) is 88.5 Å². The maximum absolute atomic E-state index is 14.0. The van der Waals surface area contributed by atoms with Crippen molar-refractivity contribution in [2.24, 2.45) is 5.41 Å². The molecular formula is C63H83N5O6S. The van der Waals surface area contributed by atoms with Gasteiger partial charge in [-0.25, -0.2) is 4.98 Å². The van der Waals surface area contributed by atoms with Gasteiger partial charge in [-0.05, 0) is 82.7 Å². The summed E-state index contributed by atoms with van der Waals surface area (Å²) in [5.74, 6) is 0.124. The number of nitrogens with zero attached hydrogens (tertiary/aromatic N) is 3. The number of aryl methyl sites for hydroxylation is 1. The second kappa shape index (κ2) is 29.8. The van der Waals surface area contributed by atoms with E-state index in [1.807, 2.05) is 82.7 Å². The van der Waals surface area contributed by atoms with Gasteiger partial charge in [-0.1, -0.05) is 189 Å². The molecule has 3 atom stereocenters. The number of likely N-dealkylation sites (tertiary alicyclic amines) is 1. The van der Waals surface area contributed by atoms with Gasteiger partial charge in [0.25, 0.3) is 0 Å². The molecule has 2 heterocycles. The van der Waals surface area contributed by atoms with Crippen molar-refractivity contribution in [3.8, 4) is 16.2 Å². The van der Waals surface area contributed by atoms with Gasteiger partial charge in [0.1, 0.15) is 24.4 Å². The quantitative estimate of drug-likeness (QED) is 0.0320. The molecule has 6 rings (SSSR count). The number of likely N-dealkylation sites (N-methyl/N-ethyl adjacent to an activating group) is 1. The Morgan fingerprint density at radius 1 is 0.760 bits per heavy atom. The van der Waals surface area contributed by atoms with Gasteiger partial charge in [0.15, 0.2) is 0 Å². The maximum Gasteiger partial charge on any atom is 0.246 e. The summed E-state index contributed by atoms with van der Waals surface area (Å²) in [6, 6.07) is 35.8. The first kappa shape index (κ1) is 58.2. The Hall–Kier alpha value is -6.11. The first-order valence-corrected chi connectivity index (χ1v) is 28.5. The minimum Gasteiger partial charge on any atom is -0.492 e. The van der Waals surface area contributed by atoms with Crippen molar-refractivity contribution < 1.29 is 29.0 Å². The van der Waals surface area contributed by atoms with E-state index in [-0.39, 0.29) is 36.6 Å². The van der Waals surface area contributed by atoms with Gasteiger partial charge in [-0.15, -0.1) is 11.3 Å². The van der Waals surface area contributed by atoms with E-state index in [1.165, 1.54) is 59.3 Å². The molecule has 0 bridgehead atoms. The van der Waals surface area contributed by atoms with Crippen LogP contribution in [0.4, 0.5) is 0 Å². The van der Waals surface area contributed by atoms with Gasteiger partial charge in [0, 0.05) is 39.4 Å². The van der Waals surface area contributed by atoms with E-state index in [2.05, 4.69) is 89.3 Å². The van der Waals surface area contributed by atoms with E-state index in [9.17, 15) is 24.3 Å². The molecule has 4 amide bonds. The molecule has 1 fully saturated rings. The summed E-state index contributed by atoms with van der Waals surface area (Å²) < 4.78 is 6.09. The van der Waals surface area contributed by atoms with E-state index in [4.69, 9.17) is 4.74 Å². The number of ether oxygens (including phenoxy) is 1. The summed E-state index contributed by atoms with van der Waals surface area (Å²) in [7, 11) is 1.86. The number of aromatic nitrogens is 1. The van der Waals surface area contributed by atoms with Gasteiger partial charge >= 0.3 is 0 Å². The number of β-amino-alcohol motifs (C(OH)–C–C–N with tert-alkyl or cyclic N) is 1. The van der Waals surface area contributed by atoms with Gasteiger partial charge in [0.2, 0.25) is 23.6 Å². The summed E-state index contributed by atoms with van der Waals surface area (Å²) in [5, 5.41) is 16.6. The summed E-state index contributed by atoms with van der Waals surface area (Å²) in [5.41, 5.74) is 10.3. The molecule has 5 aromatic rings. The fourth-order valence-corrected chi connectivity index (χ4v) is 10.8. The minimum absolute atomic E-state index is 0.0460. The summed E-state index contributed by atoms with van der Waals surface area (Å²) >= 11 is 1.59. The number of carbonyl (C=O) groups is 4. The molecule has 1 aliphatic rings. The molecule has 12 heteroatoms. The molecule has 402 valence electrons. The average molecular weight is 1040 g/mol. The lowest BCUT2D eigenvalue weighted by molar-refractivity contribution is -0.144. The van der Waals surface area contributed by atoms with Crippen LogP contribution in [0, 0.1) is 12.3 Å². The summed E-state index contributed by atoms with van der Waals surface area (Å²) in [6.45, 7) is 11.2. The van der Waals surface area contributed by atoms with E-state index in [0.717, 1.165) is 84.4 Å². The normalized spacial score (nSPS) is 15.3. The Balaban J connectivity index is 0.784. The van der Waals surface area contributed by atoms with E-state index in [0.29, 0.717) is 32.5 Å². The van der Waals surface area contributed by atoms with Crippen LogP contribution >= 0.6 is 11.3 Å². The van der Waals surface area contributed by atoms with Crippen LogP contribution in [0.2, 0.25) is 0 Å². The zero-order chi connectivity index (χ0) is 53.6. The predicted octanol–water partition coefficient (Wildman–Crippen LogP) is 12.6. The Bertz CT molecular complexity index is 2570. The molecule has 75 heavy (non-hydrogen) atoms. The summed E-state index contributed by atoms with van der Waals surface area (Å²) in [6.07, 6.45) is 14.2. The number of hydrogen-bond donors (Lipinski definition) is 3. The van der Waals surface area contributed by atoms with Crippen LogP contribution in [0.15, 0.2) is 115 Å². The van der Waals surface area contributed by atoms with Crippen molar-refractivity contribution in [1.82, 2.24) is 25.4 Å². The molecular weight excluding hydrogens is 955 g/mol. The summed E-state index contributed by atoms with van der Waals surface area (Å²) in [4.78, 5) is 62.2. The number of nitrogens with one attached hydrogen (secondary N) is 2. The zero-order valence-corrected chi connectivity index (χ0v) is 46.4. The van der Waals surface area contributed by atoms with Crippen LogP contribution in [0.5, 0.6) is 5.75 Å².